The Morgan fingerprint density at radius 2 is 2.40 bits per heavy atom. The molecule has 3 heteroatoms. The summed E-state index contributed by atoms with van der Waals surface area (Å²) in [5.41, 5.74) is 1.93. The largest absolute Gasteiger partial charge is 0.252 e. The third kappa shape index (κ3) is 0.809. The van der Waals surface area contributed by atoms with Crippen LogP contribution in [0.1, 0.15) is 11.4 Å². The molecule has 0 amide bonds. The number of rotatable bonds is 0. The highest BCUT2D eigenvalue weighted by molar-refractivity contribution is 6.29. The molecule has 0 N–H and O–H groups in total. The van der Waals surface area contributed by atoms with Crippen molar-refractivity contribution in [2.24, 2.45) is 0 Å². The summed E-state index contributed by atoms with van der Waals surface area (Å²) in [6.45, 7) is 0. The second-order valence-corrected chi connectivity index (χ2v) is 2.52. The van der Waals surface area contributed by atoms with Gasteiger partial charge in [0, 0.05) is 6.42 Å². The molecular weight excluding hydrogens is 148 g/mol. The minimum absolute atomic E-state index is 0.474. The Hall–Kier alpha value is -0.890. The molecule has 2 rings (SSSR count). The van der Waals surface area contributed by atoms with Gasteiger partial charge in [-0.15, -0.1) is 0 Å². The molecule has 0 radical (unpaired) electrons. The third-order valence-electron chi connectivity index (χ3n) is 1.43. The van der Waals surface area contributed by atoms with E-state index in [2.05, 4.69) is 9.97 Å². The zero-order valence-corrected chi connectivity index (χ0v) is 5.97. The number of aromatic nitrogens is 2. The lowest BCUT2D eigenvalue weighted by Crippen LogP contribution is -1.90. The lowest BCUT2D eigenvalue weighted by atomic mass is 10.3. The Labute approximate surface area is 63.6 Å². The van der Waals surface area contributed by atoms with Gasteiger partial charge in [0.25, 0.3) is 0 Å². The molecule has 1 aliphatic carbocycles. The summed E-state index contributed by atoms with van der Waals surface area (Å²) >= 11 is 5.62. The van der Waals surface area contributed by atoms with Gasteiger partial charge < -0.3 is 0 Å². The van der Waals surface area contributed by atoms with Gasteiger partial charge in [-0.3, -0.25) is 4.98 Å². The van der Waals surface area contributed by atoms with E-state index in [1.807, 2.05) is 12.2 Å². The van der Waals surface area contributed by atoms with Crippen LogP contribution in [0.5, 0.6) is 0 Å². The lowest BCUT2D eigenvalue weighted by Gasteiger charge is -1.94. The summed E-state index contributed by atoms with van der Waals surface area (Å²) in [4.78, 5) is 8.17. The zero-order chi connectivity index (χ0) is 6.97. The van der Waals surface area contributed by atoms with E-state index in [-0.39, 0.29) is 0 Å². The number of fused-ring (bicyclic) bond motifs is 1. The predicted molar refractivity (Wildman–Crippen MR) is 39.8 cm³/mol. The van der Waals surface area contributed by atoms with Gasteiger partial charge in [0.15, 0.2) is 0 Å². The zero-order valence-electron chi connectivity index (χ0n) is 5.21. The Morgan fingerprint density at radius 1 is 1.50 bits per heavy atom. The highest BCUT2D eigenvalue weighted by Crippen LogP contribution is 2.15. The van der Waals surface area contributed by atoms with Crippen LogP contribution in [0.3, 0.4) is 0 Å². The van der Waals surface area contributed by atoms with Crippen molar-refractivity contribution in [3.05, 3.63) is 28.8 Å². The van der Waals surface area contributed by atoms with Crippen LogP contribution < -0.4 is 0 Å². The second kappa shape index (κ2) is 2.06. The minimum Gasteiger partial charge on any atom is -0.252 e. The third-order valence-corrected chi connectivity index (χ3v) is 1.62. The summed E-state index contributed by atoms with van der Waals surface area (Å²) in [7, 11) is 0. The van der Waals surface area contributed by atoms with Gasteiger partial charge in [0.05, 0.1) is 17.6 Å². The van der Waals surface area contributed by atoms with Crippen molar-refractivity contribution in [2.45, 2.75) is 6.42 Å². The van der Waals surface area contributed by atoms with Gasteiger partial charge in [0.2, 0.25) is 0 Å². The molecule has 50 valence electrons. The molecule has 0 unspecified atom stereocenters. The van der Waals surface area contributed by atoms with Gasteiger partial charge >= 0.3 is 0 Å². The monoisotopic (exact) mass is 152 g/mol. The van der Waals surface area contributed by atoms with E-state index in [4.69, 9.17) is 11.6 Å². The van der Waals surface area contributed by atoms with Crippen molar-refractivity contribution in [3.63, 3.8) is 0 Å². The van der Waals surface area contributed by atoms with Crippen LogP contribution >= 0.6 is 11.6 Å². The van der Waals surface area contributed by atoms with E-state index in [1.165, 1.54) is 0 Å². The maximum Gasteiger partial charge on any atom is 0.147 e. The Bertz CT molecular complexity index is 294. The van der Waals surface area contributed by atoms with E-state index >= 15 is 0 Å². The number of allylic oxidation sites excluding steroid dienone is 1. The van der Waals surface area contributed by atoms with Crippen molar-refractivity contribution in [3.8, 4) is 0 Å². The van der Waals surface area contributed by atoms with E-state index in [0.29, 0.717) is 5.15 Å². The quantitative estimate of drug-likeness (QED) is 0.566. The van der Waals surface area contributed by atoms with Gasteiger partial charge in [-0.05, 0) is 6.08 Å². The summed E-state index contributed by atoms with van der Waals surface area (Å²) in [6.07, 6.45) is 6.42. The van der Waals surface area contributed by atoms with Crippen molar-refractivity contribution in [2.75, 3.05) is 0 Å². The molecule has 2 nitrogen and oxygen atoms in total. The molecule has 0 fully saturated rings. The first-order valence-corrected chi connectivity index (χ1v) is 3.42. The molecule has 0 saturated carbocycles. The number of halogens is 1. The fraction of sp³-hybridized carbons (Fsp3) is 0.143. The molecule has 0 bridgehead atoms. The van der Waals surface area contributed by atoms with Gasteiger partial charge in [-0.1, -0.05) is 17.7 Å². The van der Waals surface area contributed by atoms with E-state index in [0.717, 1.165) is 17.8 Å². The van der Waals surface area contributed by atoms with Crippen molar-refractivity contribution >= 4 is 17.7 Å². The second-order valence-electron chi connectivity index (χ2n) is 2.13. The van der Waals surface area contributed by atoms with Crippen LogP contribution in [-0.2, 0) is 6.42 Å². The van der Waals surface area contributed by atoms with E-state index in [9.17, 15) is 0 Å². The van der Waals surface area contributed by atoms with Crippen molar-refractivity contribution in [1.82, 2.24) is 9.97 Å². The molecule has 1 aromatic heterocycles. The van der Waals surface area contributed by atoms with Crippen LogP contribution in [0.4, 0.5) is 0 Å². The summed E-state index contributed by atoms with van der Waals surface area (Å²) in [5.74, 6) is 0. The first-order valence-electron chi connectivity index (χ1n) is 3.04. The maximum absolute atomic E-state index is 5.62. The summed E-state index contributed by atoms with van der Waals surface area (Å²) < 4.78 is 0. The Morgan fingerprint density at radius 3 is 3.30 bits per heavy atom. The van der Waals surface area contributed by atoms with Gasteiger partial charge in [0.1, 0.15) is 5.15 Å². The average molecular weight is 153 g/mol. The minimum atomic E-state index is 0.474. The lowest BCUT2D eigenvalue weighted by molar-refractivity contribution is 1.07. The molecule has 0 aliphatic heterocycles. The Kier molecular flexibility index (Phi) is 1.21. The predicted octanol–water partition coefficient (Wildman–Crippen LogP) is 1.70. The van der Waals surface area contributed by atoms with Crippen molar-refractivity contribution < 1.29 is 0 Å². The topological polar surface area (TPSA) is 25.8 Å². The molecule has 0 saturated heterocycles. The summed E-state index contributed by atoms with van der Waals surface area (Å²) in [6, 6.07) is 0. The molecule has 1 aromatic rings. The molecule has 0 spiro atoms. The van der Waals surface area contributed by atoms with Gasteiger partial charge in [-0.2, -0.15) is 0 Å². The molecule has 10 heavy (non-hydrogen) atoms. The number of hydrogen-bond acceptors (Lipinski definition) is 2. The number of nitrogens with zero attached hydrogens (tertiary/aromatic N) is 2. The van der Waals surface area contributed by atoms with Crippen molar-refractivity contribution in [1.29, 1.82) is 0 Å². The molecular formula is C7H5ClN2. The SMILES string of the molecule is Clc1cnc2c(n1)CC=C2. The molecule has 0 aromatic carbocycles. The summed E-state index contributed by atoms with van der Waals surface area (Å²) in [5, 5.41) is 0.474. The van der Waals surface area contributed by atoms with Crippen LogP contribution in [-0.4, -0.2) is 9.97 Å². The Balaban J connectivity index is 2.59. The standard InChI is InChI=1S/C7H5ClN2/c8-7-4-9-5-2-1-3-6(5)10-7/h1-2,4H,3H2. The van der Waals surface area contributed by atoms with Crippen LogP contribution in [0.2, 0.25) is 5.15 Å². The van der Waals surface area contributed by atoms with Crippen LogP contribution in [0.25, 0.3) is 6.08 Å². The molecule has 1 aliphatic rings. The number of hydrogen-bond donors (Lipinski definition) is 0. The first kappa shape index (κ1) is 5.86. The smallest absolute Gasteiger partial charge is 0.147 e. The van der Waals surface area contributed by atoms with Crippen LogP contribution in [0.15, 0.2) is 12.3 Å². The normalized spacial score (nSPS) is 13.7. The molecule has 0 atom stereocenters. The maximum atomic E-state index is 5.62. The van der Waals surface area contributed by atoms with Crippen LogP contribution in [0, 0.1) is 0 Å². The molecule has 1 heterocycles. The highest BCUT2D eigenvalue weighted by Gasteiger charge is 2.06. The fourth-order valence-electron chi connectivity index (χ4n) is 0.984. The first-order chi connectivity index (χ1) is 4.86. The highest BCUT2D eigenvalue weighted by atomic mass is 35.5. The van der Waals surface area contributed by atoms with E-state index in [1.54, 1.807) is 6.20 Å². The average Bonchev–Trinajstić information content (AvgIpc) is 2.33. The fourth-order valence-corrected chi connectivity index (χ4v) is 1.13. The van der Waals surface area contributed by atoms with E-state index < -0.39 is 0 Å². The van der Waals surface area contributed by atoms with Gasteiger partial charge in [-0.25, -0.2) is 4.98 Å².